The number of ether oxygens (including phenoxy) is 1. The minimum atomic E-state index is -0.381. The Morgan fingerprint density at radius 2 is 2.11 bits per heavy atom. The zero-order valence-corrected chi connectivity index (χ0v) is 16.3. The van der Waals surface area contributed by atoms with Gasteiger partial charge in [-0.05, 0) is 49.6 Å². The Morgan fingerprint density at radius 3 is 2.78 bits per heavy atom. The van der Waals surface area contributed by atoms with Crippen LogP contribution in [0.4, 0.5) is 5.95 Å². The Kier molecular flexibility index (Phi) is 4.72. The number of fused-ring (bicyclic) bond motifs is 1. The third-order valence-electron chi connectivity index (χ3n) is 4.26. The largest absolute Gasteiger partial charge is 0.463 e. The molecular formula is C19H17ClN4O2S. The van der Waals surface area contributed by atoms with Gasteiger partial charge in [-0.1, -0.05) is 17.7 Å². The van der Waals surface area contributed by atoms with Crippen LogP contribution in [-0.2, 0) is 9.53 Å². The van der Waals surface area contributed by atoms with Gasteiger partial charge >= 0.3 is 5.97 Å². The van der Waals surface area contributed by atoms with E-state index in [0.29, 0.717) is 29.0 Å². The molecule has 0 bridgehead atoms. The van der Waals surface area contributed by atoms with E-state index in [-0.39, 0.29) is 12.0 Å². The van der Waals surface area contributed by atoms with Gasteiger partial charge in [-0.25, -0.2) is 9.48 Å². The molecule has 0 spiro atoms. The highest BCUT2D eigenvalue weighted by atomic mass is 35.5. The van der Waals surface area contributed by atoms with E-state index >= 15 is 0 Å². The Balaban J connectivity index is 1.82. The highest BCUT2D eigenvalue weighted by Crippen LogP contribution is 2.38. The molecule has 1 aromatic carbocycles. The Morgan fingerprint density at radius 1 is 1.33 bits per heavy atom. The van der Waals surface area contributed by atoms with E-state index in [1.54, 1.807) is 35.1 Å². The van der Waals surface area contributed by atoms with Crippen LogP contribution < -0.4 is 5.32 Å². The van der Waals surface area contributed by atoms with Crippen molar-refractivity contribution < 1.29 is 9.53 Å². The van der Waals surface area contributed by atoms with Crippen molar-refractivity contribution >= 4 is 34.9 Å². The van der Waals surface area contributed by atoms with Crippen molar-refractivity contribution in [2.24, 2.45) is 0 Å². The van der Waals surface area contributed by atoms with E-state index in [1.165, 1.54) is 0 Å². The lowest BCUT2D eigenvalue weighted by Gasteiger charge is -2.27. The van der Waals surface area contributed by atoms with Gasteiger partial charge in [0.05, 0.1) is 12.2 Å². The third kappa shape index (κ3) is 3.24. The predicted octanol–water partition coefficient (Wildman–Crippen LogP) is 4.51. The van der Waals surface area contributed by atoms with Crippen LogP contribution in [0.5, 0.6) is 0 Å². The van der Waals surface area contributed by atoms with Gasteiger partial charge < -0.3 is 10.1 Å². The number of benzene rings is 1. The number of anilines is 1. The third-order valence-corrected chi connectivity index (χ3v) is 5.44. The summed E-state index contributed by atoms with van der Waals surface area (Å²) in [5.41, 5.74) is 2.11. The number of nitrogens with zero attached hydrogens (tertiary/aromatic N) is 3. The molecule has 0 aliphatic carbocycles. The standard InChI is InChI=1S/C19H17ClN4O2S/c1-3-26-18(25)15-11(2)21-19-22-17(12-6-8-13(20)9-7-12)23-24(19)16(15)14-5-4-10-27-14/h4-10,16H,3H2,1-2H3,(H,21,22,23). The molecule has 1 aliphatic rings. The molecule has 0 saturated carbocycles. The van der Waals surface area contributed by atoms with Gasteiger partial charge in [0.2, 0.25) is 5.95 Å². The second-order valence-corrected chi connectivity index (χ2v) is 7.43. The van der Waals surface area contributed by atoms with Crippen LogP contribution in [0.25, 0.3) is 11.4 Å². The molecule has 0 radical (unpaired) electrons. The molecule has 0 amide bonds. The lowest BCUT2D eigenvalue weighted by Crippen LogP contribution is -2.29. The average Bonchev–Trinajstić information content (AvgIpc) is 3.31. The molecule has 0 fully saturated rings. The Bertz CT molecular complexity index is 1010. The first kappa shape index (κ1) is 17.8. The molecule has 27 heavy (non-hydrogen) atoms. The van der Waals surface area contributed by atoms with Crippen LogP contribution in [0.2, 0.25) is 5.02 Å². The molecule has 4 rings (SSSR count). The quantitative estimate of drug-likeness (QED) is 0.652. The minimum absolute atomic E-state index is 0.313. The van der Waals surface area contributed by atoms with Gasteiger partial charge in [0.1, 0.15) is 6.04 Å². The molecule has 1 N–H and O–H groups in total. The molecule has 1 aliphatic heterocycles. The number of carbonyl (C=O) groups excluding carboxylic acids is 1. The summed E-state index contributed by atoms with van der Waals surface area (Å²) in [4.78, 5) is 18.3. The van der Waals surface area contributed by atoms with Crippen molar-refractivity contribution in [2.45, 2.75) is 19.9 Å². The van der Waals surface area contributed by atoms with E-state index in [2.05, 4.69) is 15.4 Å². The van der Waals surface area contributed by atoms with E-state index in [4.69, 9.17) is 16.3 Å². The lowest BCUT2D eigenvalue weighted by atomic mass is 10.0. The van der Waals surface area contributed by atoms with Crippen LogP contribution in [-0.4, -0.2) is 27.3 Å². The smallest absolute Gasteiger partial charge is 0.338 e. The first-order valence-electron chi connectivity index (χ1n) is 8.49. The zero-order chi connectivity index (χ0) is 19.0. The van der Waals surface area contributed by atoms with Crippen LogP contribution >= 0.6 is 22.9 Å². The van der Waals surface area contributed by atoms with Crippen molar-refractivity contribution in [1.82, 2.24) is 14.8 Å². The summed E-state index contributed by atoms with van der Waals surface area (Å²) < 4.78 is 7.04. The normalized spacial score (nSPS) is 16.0. The number of hydrogen-bond acceptors (Lipinski definition) is 6. The Hall–Kier alpha value is -2.64. The first-order valence-corrected chi connectivity index (χ1v) is 9.75. The second kappa shape index (κ2) is 7.17. The fourth-order valence-electron chi connectivity index (χ4n) is 3.06. The average molecular weight is 401 g/mol. The van der Waals surface area contributed by atoms with E-state index in [0.717, 1.165) is 16.1 Å². The monoisotopic (exact) mass is 400 g/mol. The maximum absolute atomic E-state index is 12.6. The van der Waals surface area contributed by atoms with Crippen LogP contribution in [0, 0.1) is 0 Å². The number of hydrogen-bond donors (Lipinski definition) is 1. The van der Waals surface area contributed by atoms with Gasteiger partial charge in [-0.2, -0.15) is 4.98 Å². The number of esters is 1. The number of allylic oxidation sites excluding steroid dienone is 1. The van der Waals surface area contributed by atoms with E-state index < -0.39 is 0 Å². The molecule has 6 nitrogen and oxygen atoms in total. The molecular weight excluding hydrogens is 384 g/mol. The van der Waals surface area contributed by atoms with Gasteiger partial charge in [-0.15, -0.1) is 16.4 Å². The van der Waals surface area contributed by atoms with Crippen molar-refractivity contribution in [2.75, 3.05) is 11.9 Å². The highest BCUT2D eigenvalue weighted by molar-refractivity contribution is 7.10. The molecule has 1 unspecified atom stereocenters. The maximum atomic E-state index is 12.6. The van der Waals surface area contributed by atoms with Crippen molar-refractivity contribution in [1.29, 1.82) is 0 Å². The number of aromatic nitrogens is 3. The lowest BCUT2D eigenvalue weighted by molar-refractivity contribution is -0.139. The van der Waals surface area contributed by atoms with Crippen LogP contribution in [0.1, 0.15) is 24.8 Å². The zero-order valence-electron chi connectivity index (χ0n) is 14.8. The van der Waals surface area contributed by atoms with Crippen molar-refractivity contribution in [3.63, 3.8) is 0 Å². The van der Waals surface area contributed by atoms with Crippen molar-refractivity contribution in [3.05, 3.63) is 62.9 Å². The topological polar surface area (TPSA) is 69.0 Å². The molecule has 3 heterocycles. The van der Waals surface area contributed by atoms with E-state index in [9.17, 15) is 4.79 Å². The molecule has 8 heteroatoms. The summed E-state index contributed by atoms with van der Waals surface area (Å²) in [5, 5.41) is 10.5. The number of rotatable bonds is 4. The fraction of sp³-hybridized carbons (Fsp3) is 0.211. The molecule has 0 saturated heterocycles. The predicted molar refractivity (Wildman–Crippen MR) is 106 cm³/mol. The summed E-state index contributed by atoms with van der Waals surface area (Å²) in [6.45, 7) is 3.96. The number of carbonyl (C=O) groups is 1. The second-order valence-electron chi connectivity index (χ2n) is 6.01. The first-order chi connectivity index (χ1) is 13.1. The number of halogens is 1. The summed E-state index contributed by atoms with van der Waals surface area (Å²) in [6.07, 6.45) is 0. The summed E-state index contributed by atoms with van der Waals surface area (Å²) >= 11 is 7.54. The molecule has 1 atom stereocenters. The summed E-state index contributed by atoms with van der Waals surface area (Å²) in [7, 11) is 0. The van der Waals surface area contributed by atoms with Gasteiger partial charge in [0, 0.05) is 21.2 Å². The molecule has 2 aromatic heterocycles. The fourth-order valence-corrected chi connectivity index (χ4v) is 4.00. The number of thiophene rings is 1. The highest BCUT2D eigenvalue weighted by Gasteiger charge is 2.35. The number of nitrogens with one attached hydrogen (secondary N) is 1. The summed E-state index contributed by atoms with van der Waals surface area (Å²) in [5.74, 6) is 0.799. The van der Waals surface area contributed by atoms with Crippen LogP contribution in [0.15, 0.2) is 53.0 Å². The minimum Gasteiger partial charge on any atom is -0.463 e. The maximum Gasteiger partial charge on any atom is 0.338 e. The van der Waals surface area contributed by atoms with Gasteiger partial charge in [0.15, 0.2) is 5.82 Å². The van der Waals surface area contributed by atoms with Crippen molar-refractivity contribution in [3.8, 4) is 11.4 Å². The molecule has 138 valence electrons. The molecule has 3 aromatic rings. The van der Waals surface area contributed by atoms with Gasteiger partial charge in [-0.3, -0.25) is 0 Å². The summed E-state index contributed by atoms with van der Waals surface area (Å²) in [6, 6.07) is 10.9. The van der Waals surface area contributed by atoms with Crippen LogP contribution in [0.3, 0.4) is 0 Å². The van der Waals surface area contributed by atoms with Gasteiger partial charge in [0.25, 0.3) is 0 Å². The SMILES string of the molecule is CCOC(=O)C1=C(C)Nc2nc(-c3ccc(Cl)cc3)nn2C1c1cccs1. The van der Waals surface area contributed by atoms with E-state index in [1.807, 2.05) is 36.6 Å². The Labute approximate surface area is 165 Å².